The van der Waals surface area contributed by atoms with E-state index in [0.29, 0.717) is 12.5 Å². The van der Waals surface area contributed by atoms with Crippen LogP contribution >= 0.6 is 0 Å². The minimum atomic E-state index is -0.136. The standard InChI is InChI=1S/C15H23NO3/c1-11(2)13-6-5-12(3)14(9-13)19-10-15(18)16(4)7-8-17/h5-6,9,11,17H,7-8,10H2,1-4H3. The van der Waals surface area contributed by atoms with Crippen molar-refractivity contribution in [2.45, 2.75) is 26.7 Å². The van der Waals surface area contributed by atoms with Crippen LogP contribution in [0, 0.1) is 6.92 Å². The van der Waals surface area contributed by atoms with Gasteiger partial charge in [-0.3, -0.25) is 4.79 Å². The van der Waals surface area contributed by atoms with E-state index < -0.39 is 0 Å². The molecule has 0 aliphatic carbocycles. The molecule has 0 aromatic heterocycles. The highest BCUT2D eigenvalue weighted by Crippen LogP contribution is 2.24. The molecule has 0 radical (unpaired) electrons. The second kappa shape index (κ2) is 7.14. The first-order chi connectivity index (χ1) is 8.95. The first-order valence-corrected chi connectivity index (χ1v) is 6.54. The van der Waals surface area contributed by atoms with Crippen LogP contribution in [0.4, 0.5) is 0 Å². The second-order valence-electron chi connectivity index (χ2n) is 5.01. The number of carbonyl (C=O) groups excluding carboxylic acids is 1. The minimum Gasteiger partial charge on any atom is -0.483 e. The normalized spacial score (nSPS) is 10.6. The van der Waals surface area contributed by atoms with Crippen LogP contribution in [0.5, 0.6) is 5.75 Å². The average molecular weight is 265 g/mol. The van der Waals surface area contributed by atoms with Crippen molar-refractivity contribution in [1.82, 2.24) is 4.90 Å². The zero-order chi connectivity index (χ0) is 14.4. The Morgan fingerprint density at radius 1 is 1.42 bits per heavy atom. The number of likely N-dealkylation sites (N-methyl/N-ethyl adjacent to an activating group) is 1. The Morgan fingerprint density at radius 2 is 2.11 bits per heavy atom. The van der Waals surface area contributed by atoms with Crippen LogP contribution in [0.2, 0.25) is 0 Å². The molecule has 0 spiro atoms. The minimum absolute atomic E-state index is 0.00110. The maximum atomic E-state index is 11.7. The maximum absolute atomic E-state index is 11.7. The number of nitrogens with zero attached hydrogens (tertiary/aromatic N) is 1. The number of aryl methyl sites for hydroxylation is 1. The van der Waals surface area contributed by atoms with Gasteiger partial charge in [-0.2, -0.15) is 0 Å². The summed E-state index contributed by atoms with van der Waals surface area (Å²) in [5.74, 6) is 1.04. The van der Waals surface area contributed by atoms with Crippen LogP contribution in [0.15, 0.2) is 18.2 Å². The van der Waals surface area contributed by atoms with Crippen LogP contribution in [0.25, 0.3) is 0 Å². The molecule has 1 aromatic rings. The Morgan fingerprint density at radius 3 is 2.68 bits per heavy atom. The summed E-state index contributed by atoms with van der Waals surface area (Å²) in [5, 5.41) is 8.78. The fraction of sp³-hybridized carbons (Fsp3) is 0.533. The molecule has 4 heteroatoms. The van der Waals surface area contributed by atoms with Gasteiger partial charge in [-0.05, 0) is 30.0 Å². The molecule has 0 heterocycles. The largest absolute Gasteiger partial charge is 0.483 e. The van der Waals surface area contributed by atoms with E-state index in [1.165, 1.54) is 10.5 Å². The third-order valence-electron chi connectivity index (χ3n) is 3.09. The van der Waals surface area contributed by atoms with E-state index in [-0.39, 0.29) is 19.1 Å². The predicted molar refractivity (Wildman–Crippen MR) is 75.5 cm³/mol. The highest BCUT2D eigenvalue weighted by atomic mass is 16.5. The molecule has 1 N–H and O–H groups in total. The molecule has 0 saturated carbocycles. The van der Waals surface area contributed by atoms with Crippen molar-refractivity contribution in [3.8, 4) is 5.75 Å². The molecule has 0 unspecified atom stereocenters. The van der Waals surface area contributed by atoms with Gasteiger partial charge in [0.15, 0.2) is 6.61 Å². The van der Waals surface area contributed by atoms with Crippen molar-refractivity contribution in [3.63, 3.8) is 0 Å². The molecule has 19 heavy (non-hydrogen) atoms. The van der Waals surface area contributed by atoms with Crippen molar-refractivity contribution < 1.29 is 14.6 Å². The third kappa shape index (κ3) is 4.56. The number of carbonyl (C=O) groups is 1. The Balaban J connectivity index is 2.67. The summed E-state index contributed by atoms with van der Waals surface area (Å²) < 4.78 is 5.58. The summed E-state index contributed by atoms with van der Waals surface area (Å²) in [4.78, 5) is 13.2. The molecule has 0 saturated heterocycles. The van der Waals surface area contributed by atoms with Crippen molar-refractivity contribution in [2.75, 3.05) is 26.8 Å². The molecule has 1 aromatic carbocycles. The van der Waals surface area contributed by atoms with E-state index in [0.717, 1.165) is 11.3 Å². The number of amides is 1. The number of aliphatic hydroxyl groups excluding tert-OH is 1. The topological polar surface area (TPSA) is 49.8 Å². The fourth-order valence-corrected chi connectivity index (χ4v) is 1.66. The van der Waals surface area contributed by atoms with Crippen molar-refractivity contribution in [1.29, 1.82) is 0 Å². The lowest BCUT2D eigenvalue weighted by Gasteiger charge is -2.17. The summed E-state index contributed by atoms with van der Waals surface area (Å²) in [6.07, 6.45) is 0. The summed E-state index contributed by atoms with van der Waals surface area (Å²) >= 11 is 0. The first-order valence-electron chi connectivity index (χ1n) is 6.54. The summed E-state index contributed by atoms with van der Waals surface area (Å²) in [6, 6.07) is 6.07. The van der Waals surface area contributed by atoms with Gasteiger partial charge in [0.1, 0.15) is 5.75 Å². The van der Waals surface area contributed by atoms with E-state index in [9.17, 15) is 4.79 Å². The predicted octanol–water partition coefficient (Wildman–Crippen LogP) is 1.95. The lowest BCUT2D eigenvalue weighted by atomic mass is 10.0. The molecule has 0 aliphatic rings. The van der Waals surface area contributed by atoms with Crippen molar-refractivity contribution in [2.24, 2.45) is 0 Å². The molecule has 106 valence electrons. The number of hydrogen-bond donors (Lipinski definition) is 1. The Bertz CT molecular complexity index is 429. The van der Waals surface area contributed by atoms with E-state index in [1.54, 1.807) is 7.05 Å². The molecule has 0 aliphatic heterocycles. The van der Waals surface area contributed by atoms with Crippen LogP contribution in [0.1, 0.15) is 30.9 Å². The third-order valence-corrected chi connectivity index (χ3v) is 3.09. The van der Waals surface area contributed by atoms with Crippen LogP contribution in [-0.4, -0.2) is 42.7 Å². The molecular formula is C15H23NO3. The molecule has 1 amide bonds. The number of aliphatic hydroxyl groups is 1. The number of ether oxygens (including phenoxy) is 1. The van der Waals surface area contributed by atoms with Gasteiger partial charge in [-0.25, -0.2) is 0 Å². The molecule has 1 rings (SSSR count). The lowest BCUT2D eigenvalue weighted by Crippen LogP contribution is -2.33. The molecule has 4 nitrogen and oxygen atoms in total. The molecule has 0 bridgehead atoms. The summed E-state index contributed by atoms with van der Waals surface area (Å²) in [6.45, 7) is 6.49. The van der Waals surface area contributed by atoms with E-state index in [2.05, 4.69) is 19.9 Å². The van der Waals surface area contributed by atoms with E-state index in [4.69, 9.17) is 9.84 Å². The summed E-state index contributed by atoms with van der Waals surface area (Å²) in [5.41, 5.74) is 2.21. The van der Waals surface area contributed by atoms with E-state index >= 15 is 0 Å². The monoisotopic (exact) mass is 265 g/mol. The Hall–Kier alpha value is -1.55. The Kier molecular flexibility index (Phi) is 5.83. The highest BCUT2D eigenvalue weighted by molar-refractivity contribution is 5.77. The molecular weight excluding hydrogens is 242 g/mol. The van der Waals surface area contributed by atoms with Gasteiger partial charge >= 0.3 is 0 Å². The zero-order valence-electron chi connectivity index (χ0n) is 12.1. The van der Waals surface area contributed by atoms with Crippen LogP contribution in [-0.2, 0) is 4.79 Å². The average Bonchev–Trinajstić information content (AvgIpc) is 2.37. The van der Waals surface area contributed by atoms with Crippen molar-refractivity contribution >= 4 is 5.91 Å². The highest BCUT2D eigenvalue weighted by Gasteiger charge is 2.10. The number of rotatable bonds is 6. The van der Waals surface area contributed by atoms with Crippen LogP contribution in [0.3, 0.4) is 0 Å². The van der Waals surface area contributed by atoms with Gasteiger partial charge in [0, 0.05) is 13.6 Å². The number of benzene rings is 1. The number of hydrogen-bond acceptors (Lipinski definition) is 3. The van der Waals surface area contributed by atoms with Gasteiger partial charge in [-0.1, -0.05) is 26.0 Å². The lowest BCUT2D eigenvalue weighted by molar-refractivity contribution is -0.132. The summed E-state index contributed by atoms with van der Waals surface area (Å²) in [7, 11) is 1.65. The smallest absolute Gasteiger partial charge is 0.260 e. The van der Waals surface area contributed by atoms with Gasteiger partial charge < -0.3 is 14.7 Å². The molecule has 0 fully saturated rings. The van der Waals surface area contributed by atoms with Gasteiger partial charge in [-0.15, -0.1) is 0 Å². The van der Waals surface area contributed by atoms with Crippen LogP contribution < -0.4 is 4.74 Å². The Labute approximate surface area is 115 Å². The molecule has 0 atom stereocenters. The first kappa shape index (κ1) is 15.5. The fourth-order valence-electron chi connectivity index (χ4n) is 1.66. The van der Waals surface area contributed by atoms with Gasteiger partial charge in [0.2, 0.25) is 0 Å². The van der Waals surface area contributed by atoms with Gasteiger partial charge in [0.05, 0.1) is 6.61 Å². The van der Waals surface area contributed by atoms with E-state index in [1.807, 2.05) is 19.1 Å². The van der Waals surface area contributed by atoms with Gasteiger partial charge in [0.25, 0.3) is 5.91 Å². The van der Waals surface area contributed by atoms with Crippen molar-refractivity contribution in [3.05, 3.63) is 29.3 Å². The quantitative estimate of drug-likeness (QED) is 0.855. The zero-order valence-corrected chi connectivity index (χ0v) is 12.1. The second-order valence-corrected chi connectivity index (χ2v) is 5.01. The SMILES string of the molecule is Cc1ccc(C(C)C)cc1OCC(=O)N(C)CCO. The maximum Gasteiger partial charge on any atom is 0.260 e.